The molecule has 3 heterocycles. The lowest BCUT2D eigenvalue weighted by atomic mass is 10.1. The fraction of sp³-hybridized carbons (Fsp3) is 0.227. The number of oxime groups is 1. The van der Waals surface area contributed by atoms with Crippen LogP contribution in [0.15, 0.2) is 52.6 Å². The monoisotopic (exact) mass is 485 g/mol. The summed E-state index contributed by atoms with van der Waals surface area (Å²) in [5.74, 6) is -0.459. The maximum atomic E-state index is 13.6. The van der Waals surface area contributed by atoms with Crippen molar-refractivity contribution in [1.82, 2.24) is 20.3 Å². The lowest BCUT2D eigenvalue weighted by molar-refractivity contribution is 0.0825. The summed E-state index contributed by atoms with van der Waals surface area (Å²) in [7, 11) is -1.34. The molecule has 1 aromatic carbocycles. The number of carbonyl (C=O) groups is 1. The van der Waals surface area contributed by atoms with Crippen LogP contribution in [0, 0.1) is 12.7 Å². The van der Waals surface area contributed by atoms with E-state index in [1.807, 2.05) is 0 Å². The van der Waals surface area contributed by atoms with Crippen molar-refractivity contribution >= 4 is 22.3 Å². The van der Waals surface area contributed by atoms with Crippen LogP contribution in [-0.2, 0) is 22.1 Å². The molecule has 1 aliphatic rings. The summed E-state index contributed by atoms with van der Waals surface area (Å²) in [4.78, 5) is 30.9. The van der Waals surface area contributed by atoms with Crippen LogP contribution in [0.25, 0.3) is 0 Å². The Morgan fingerprint density at radius 2 is 2.06 bits per heavy atom. The van der Waals surface area contributed by atoms with Gasteiger partial charge in [0.25, 0.3) is 5.91 Å². The zero-order valence-corrected chi connectivity index (χ0v) is 19.1. The summed E-state index contributed by atoms with van der Waals surface area (Å²) in [6, 6.07) is 8.85. The normalized spacial score (nSPS) is 15.1. The number of nitrogens with one attached hydrogen (secondary N) is 1. The third-order valence-electron chi connectivity index (χ3n) is 5.02. The van der Waals surface area contributed by atoms with Crippen molar-refractivity contribution in [2.24, 2.45) is 5.16 Å². The van der Waals surface area contributed by atoms with Crippen LogP contribution in [0.1, 0.15) is 45.8 Å². The van der Waals surface area contributed by atoms with Gasteiger partial charge in [0.1, 0.15) is 17.2 Å². The van der Waals surface area contributed by atoms with E-state index >= 15 is 0 Å². The van der Waals surface area contributed by atoms with Gasteiger partial charge in [-0.2, -0.15) is 0 Å². The quantitative estimate of drug-likeness (QED) is 0.486. The van der Waals surface area contributed by atoms with Crippen molar-refractivity contribution in [3.05, 3.63) is 76.9 Å². The Bertz CT molecular complexity index is 1340. The highest BCUT2D eigenvalue weighted by atomic mass is 32.2. The number of hydrogen-bond acceptors (Lipinski definition) is 9. The number of hydrogen-bond donors (Lipinski definition) is 2. The molecule has 0 saturated heterocycles. The Labute approximate surface area is 195 Å². The molecule has 1 aliphatic heterocycles. The van der Waals surface area contributed by atoms with E-state index in [4.69, 9.17) is 9.57 Å². The number of halogens is 1. The second kappa shape index (κ2) is 9.91. The van der Waals surface area contributed by atoms with E-state index in [2.05, 4.69) is 25.4 Å². The van der Waals surface area contributed by atoms with Gasteiger partial charge in [0.05, 0.1) is 23.4 Å². The molecule has 3 aromatic rings. The van der Waals surface area contributed by atoms with Crippen molar-refractivity contribution < 1.29 is 27.2 Å². The Morgan fingerprint density at radius 3 is 2.76 bits per heavy atom. The highest BCUT2D eigenvalue weighted by Crippen LogP contribution is 2.28. The topological polar surface area (TPSA) is 133 Å². The molecule has 1 N–H and O–H groups in total. The van der Waals surface area contributed by atoms with E-state index in [0.717, 1.165) is 0 Å². The molecule has 12 heteroatoms. The molecule has 0 fully saturated rings. The van der Waals surface area contributed by atoms with Crippen molar-refractivity contribution in [2.45, 2.75) is 30.9 Å². The van der Waals surface area contributed by atoms with Crippen molar-refractivity contribution in [3.63, 3.8) is 0 Å². The third kappa shape index (κ3) is 5.17. The molecule has 0 saturated carbocycles. The predicted octanol–water partition coefficient (Wildman–Crippen LogP) is 2.09. The number of aryl methyl sites for hydroxylation is 1. The summed E-state index contributed by atoms with van der Waals surface area (Å²) in [6.07, 6.45) is 1.09. The zero-order chi connectivity index (χ0) is 24.2. The Kier molecular flexibility index (Phi) is 6.77. The highest BCUT2D eigenvalue weighted by Gasteiger charge is 2.27. The largest absolute Gasteiger partial charge is 0.494 e. The fourth-order valence-electron chi connectivity index (χ4n) is 3.30. The van der Waals surface area contributed by atoms with Crippen LogP contribution in [0.5, 0.6) is 5.75 Å². The van der Waals surface area contributed by atoms with Gasteiger partial charge in [-0.05, 0) is 42.8 Å². The summed E-state index contributed by atoms with van der Waals surface area (Å²) in [5.41, 5.74) is 2.27. The molecule has 4 rings (SSSR count). The van der Waals surface area contributed by atoms with Gasteiger partial charge in [-0.3, -0.25) is 9.78 Å². The lowest BCUT2D eigenvalue weighted by Gasteiger charge is -2.09. The summed E-state index contributed by atoms with van der Waals surface area (Å²) >= 11 is 0. The number of ether oxygens (including phenoxy) is 1. The number of carbonyl (C=O) groups excluding carboxylic acids is 1. The number of benzene rings is 1. The summed E-state index contributed by atoms with van der Waals surface area (Å²) in [5, 5.41) is 6.81. The average Bonchev–Trinajstić information content (AvgIpc) is 3.33. The summed E-state index contributed by atoms with van der Waals surface area (Å²) < 4.78 is 40.6. The van der Waals surface area contributed by atoms with E-state index < -0.39 is 28.5 Å². The molecule has 0 spiro atoms. The smallest absolute Gasteiger partial charge is 0.270 e. The second-order valence-corrected chi connectivity index (χ2v) is 8.40. The number of thiol groups is 1. The minimum absolute atomic E-state index is 0.0895. The van der Waals surface area contributed by atoms with Gasteiger partial charge >= 0.3 is 0 Å². The fourth-order valence-corrected chi connectivity index (χ4v) is 3.65. The van der Waals surface area contributed by atoms with Crippen LogP contribution >= 0.6 is 0 Å². The van der Waals surface area contributed by atoms with E-state index in [-0.39, 0.29) is 22.9 Å². The Morgan fingerprint density at radius 1 is 1.24 bits per heavy atom. The van der Waals surface area contributed by atoms with Crippen LogP contribution < -0.4 is 10.1 Å². The molecule has 1 atom stereocenters. The standard InChI is InChI=1S/C22H20FN5O5S/c1-12-26-17(18-9-21(33-28-18)16-6-4-14(11-24-16)34(30)31)8-19(27-12)22(29)25-10-13-3-5-15(23)20(7-13)32-2/h3-8,11,21,34H,9-10H2,1-2H3,(H,25,29). The number of methoxy groups -OCH3 is 1. The molecular weight excluding hydrogens is 465 g/mol. The number of nitrogens with zero attached hydrogens (tertiary/aromatic N) is 4. The van der Waals surface area contributed by atoms with Crippen molar-refractivity contribution in [3.8, 4) is 5.75 Å². The number of amides is 1. The van der Waals surface area contributed by atoms with Gasteiger partial charge in [0, 0.05) is 19.2 Å². The number of aromatic nitrogens is 3. The first-order valence-corrected chi connectivity index (χ1v) is 11.3. The first-order valence-electron chi connectivity index (χ1n) is 10.1. The van der Waals surface area contributed by atoms with Gasteiger partial charge in [-0.1, -0.05) is 11.2 Å². The highest BCUT2D eigenvalue weighted by molar-refractivity contribution is 7.72. The molecular formula is C22H20FN5O5S. The maximum Gasteiger partial charge on any atom is 0.270 e. The van der Waals surface area contributed by atoms with E-state index in [1.165, 1.54) is 37.6 Å². The minimum atomic E-state index is -2.71. The summed E-state index contributed by atoms with van der Waals surface area (Å²) in [6.45, 7) is 1.81. The molecule has 176 valence electrons. The van der Waals surface area contributed by atoms with E-state index in [1.54, 1.807) is 19.1 Å². The van der Waals surface area contributed by atoms with Gasteiger partial charge in [-0.15, -0.1) is 0 Å². The third-order valence-corrected chi connectivity index (χ3v) is 5.70. The molecule has 10 nitrogen and oxygen atoms in total. The number of rotatable bonds is 7. The van der Waals surface area contributed by atoms with Crippen molar-refractivity contribution in [2.75, 3.05) is 7.11 Å². The van der Waals surface area contributed by atoms with E-state index in [0.29, 0.717) is 34.9 Å². The predicted molar refractivity (Wildman–Crippen MR) is 119 cm³/mol. The maximum absolute atomic E-state index is 13.6. The first kappa shape index (κ1) is 23.2. The van der Waals surface area contributed by atoms with Gasteiger partial charge in [0.2, 0.25) is 0 Å². The van der Waals surface area contributed by atoms with Crippen molar-refractivity contribution in [1.29, 1.82) is 0 Å². The SMILES string of the molecule is COc1cc(CNC(=O)c2cc(C3=NOC(c4ccc([SH](=O)=O)cn4)C3)nc(C)n2)ccc1F. The molecule has 34 heavy (non-hydrogen) atoms. The molecule has 0 bridgehead atoms. The zero-order valence-electron chi connectivity index (χ0n) is 18.2. The molecule has 0 radical (unpaired) electrons. The van der Waals surface area contributed by atoms with E-state index in [9.17, 15) is 17.6 Å². The minimum Gasteiger partial charge on any atom is -0.494 e. The molecule has 2 aromatic heterocycles. The second-order valence-electron chi connectivity index (χ2n) is 7.37. The first-order chi connectivity index (χ1) is 16.3. The molecule has 1 unspecified atom stereocenters. The number of pyridine rings is 1. The lowest BCUT2D eigenvalue weighted by Crippen LogP contribution is -2.25. The van der Waals surface area contributed by atoms with Crippen LogP contribution in [-0.4, -0.2) is 42.1 Å². The Balaban J connectivity index is 1.45. The van der Waals surface area contributed by atoms with Crippen LogP contribution in [0.2, 0.25) is 0 Å². The van der Waals surface area contributed by atoms with Gasteiger partial charge < -0.3 is 14.9 Å². The molecule has 0 aliphatic carbocycles. The van der Waals surface area contributed by atoms with Gasteiger partial charge in [0.15, 0.2) is 28.4 Å². The Hall–Kier alpha value is -3.93. The molecule has 1 amide bonds. The van der Waals surface area contributed by atoms with Crippen LogP contribution in [0.3, 0.4) is 0 Å². The van der Waals surface area contributed by atoms with Gasteiger partial charge in [-0.25, -0.2) is 22.8 Å². The van der Waals surface area contributed by atoms with Crippen LogP contribution in [0.4, 0.5) is 4.39 Å². The average molecular weight is 485 g/mol.